The Labute approximate surface area is 104 Å². The summed E-state index contributed by atoms with van der Waals surface area (Å²) in [5, 5.41) is 2.13. The van der Waals surface area contributed by atoms with Crippen LogP contribution >= 0.6 is 15.9 Å². The van der Waals surface area contributed by atoms with Gasteiger partial charge in [0.05, 0.1) is 0 Å². The minimum absolute atomic E-state index is 0.309. The Hall–Kier alpha value is -0.750. The van der Waals surface area contributed by atoms with Crippen molar-refractivity contribution in [3.63, 3.8) is 0 Å². The average Bonchev–Trinajstić information content (AvgIpc) is 2.28. The number of halogens is 1. The van der Waals surface area contributed by atoms with Crippen molar-refractivity contribution < 1.29 is 8.76 Å². The van der Waals surface area contributed by atoms with Gasteiger partial charge in [-0.1, -0.05) is 46.3 Å². The largest absolute Gasteiger partial charge is 0.760 e. The van der Waals surface area contributed by atoms with Gasteiger partial charge in [-0.25, -0.2) is 4.72 Å². The Morgan fingerprint density at radius 3 is 2.56 bits per heavy atom. The van der Waals surface area contributed by atoms with E-state index in [2.05, 4.69) is 20.7 Å². The Balaban J connectivity index is 2.46. The quantitative estimate of drug-likeness (QED) is 0.885. The third kappa shape index (κ3) is 2.49. The Kier molecular flexibility index (Phi) is 3.70. The predicted octanol–water partition coefficient (Wildman–Crippen LogP) is 2.49. The van der Waals surface area contributed by atoms with E-state index in [0.29, 0.717) is 6.54 Å². The summed E-state index contributed by atoms with van der Waals surface area (Å²) < 4.78 is 24.3. The Morgan fingerprint density at radius 2 is 1.88 bits per heavy atom. The zero-order chi connectivity index (χ0) is 11.5. The maximum absolute atomic E-state index is 10.5. The van der Waals surface area contributed by atoms with Crippen LogP contribution in [0, 0.1) is 0 Å². The first-order valence-electron chi connectivity index (χ1n) is 4.67. The highest BCUT2D eigenvalue weighted by Crippen LogP contribution is 2.26. The zero-order valence-electron chi connectivity index (χ0n) is 8.27. The molecule has 3 nitrogen and oxygen atoms in total. The first-order valence-corrected chi connectivity index (χ1v) is 6.54. The van der Waals surface area contributed by atoms with Crippen molar-refractivity contribution in [1.82, 2.24) is 4.72 Å². The molecule has 84 valence electrons. The van der Waals surface area contributed by atoms with E-state index < -0.39 is 11.3 Å². The Bertz CT molecular complexity index is 544. The second-order valence-corrected chi connectivity index (χ2v) is 4.92. The van der Waals surface area contributed by atoms with Crippen LogP contribution in [-0.4, -0.2) is 8.76 Å². The number of fused-ring (bicyclic) bond motifs is 1. The van der Waals surface area contributed by atoms with Crippen LogP contribution in [0.15, 0.2) is 40.9 Å². The highest BCUT2D eigenvalue weighted by Gasteiger charge is 2.03. The molecule has 0 aliphatic carbocycles. The fourth-order valence-corrected chi connectivity index (χ4v) is 2.37. The van der Waals surface area contributed by atoms with Crippen molar-refractivity contribution in [2.24, 2.45) is 0 Å². The van der Waals surface area contributed by atoms with Crippen LogP contribution in [0.3, 0.4) is 0 Å². The maximum atomic E-state index is 10.5. The van der Waals surface area contributed by atoms with Gasteiger partial charge in [0.1, 0.15) is 0 Å². The minimum Gasteiger partial charge on any atom is -0.760 e. The molecule has 2 aromatic rings. The van der Waals surface area contributed by atoms with Crippen LogP contribution in [0.4, 0.5) is 0 Å². The molecule has 0 bridgehead atoms. The molecule has 1 unspecified atom stereocenters. The normalized spacial score (nSPS) is 12.9. The Morgan fingerprint density at radius 1 is 1.19 bits per heavy atom. The third-order valence-electron chi connectivity index (χ3n) is 2.34. The number of hydrogen-bond donors (Lipinski definition) is 1. The predicted molar refractivity (Wildman–Crippen MR) is 67.4 cm³/mol. The molecule has 0 fully saturated rings. The van der Waals surface area contributed by atoms with Gasteiger partial charge in [-0.2, -0.15) is 0 Å². The summed E-state index contributed by atoms with van der Waals surface area (Å²) in [6.07, 6.45) is 0. The van der Waals surface area contributed by atoms with Crippen LogP contribution in [0.5, 0.6) is 0 Å². The first kappa shape index (κ1) is 11.7. The van der Waals surface area contributed by atoms with Crippen LogP contribution in [0.25, 0.3) is 10.8 Å². The van der Waals surface area contributed by atoms with Gasteiger partial charge in [0.15, 0.2) is 0 Å². The highest BCUT2D eigenvalue weighted by molar-refractivity contribution is 9.10. The molecular formula is C11H9BrNO2S-. The number of nitrogens with one attached hydrogen (secondary N) is 1. The molecule has 0 aromatic heterocycles. The SMILES string of the molecule is O=S([O-])NCc1ccc(Br)c2ccccc12. The molecule has 0 saturated heterocycles. The molecule has 1 N–H and O–H groups in total. The second kappa shape index (κ2) is 5.05. The molecule has 0 heterocycles. The molecule has 0 radical (unpaired) electrons. The molecule has 0 aliphatic heterocycles. The number of rotatable bonds is 3. The topological polar surface area (TPSA) is 52.2 Å². The first-order chi connectivity index (χ1) is 7.68. The fourth-order valence-electron chi connectivity index (χ4n) is 1.62. The average molecular weight is 299 g/mol. The summed E-state index contributed by atoms with van der Waals surface area (Å²) in [7, 11) is 0. The van der Waals surface area contributed by atoms with Gasteiger partial charge >= 0.3 is 0 Å². The van der Waals surface area contributed by atoms with Crippen LogP contribution in [0.1, 0.15) is 5.56 Å². The molecule has 0 saturated carbocycles. The van der Waals surface area contributed by atoms with Crippen LogP contribution < -0.4 is 4.72 Å². The number of hydrogen-bond acceptors (Lipinski definition) is 2. The summed E-state index contributed by atoms with van der Waals surface area (Å²) in [4.78, 5) is 0. The molecule has 0 aliphatic rings. The van der Waals surface area contributed by atoms with E-state index in [1.807, 2.05) is 36.4 Å². The number of benzene rings is 2. The van der Waals surface area contributed by atoms with E-state index in [1.165, 1.54) is 0 Å². The third-order valence-corrected chi connectivity index (χ3v) is 3.41. The van der Waals surface area contributed by atoms with Crippen molar-refractivity contribution >= 4 is 38.0 Å². The van der Waals surface area contributed by atoms with E-state index >= 15 is 0 Å². The van der Waals surface area contributed by atoms with E-state index in [9.17, 15) is 8.76 Å². The van der Waals surface area contributed by atoms with Gasteiger partial charge in [0.2, 0.25) is 0 Å². The monoisotopic (exact) mass is 298 g/mol. The van der Waals surface area contributed by atoms with Gasteiger partial charge in [-0.05, 0) is 22.4 Å². The lowest BCUT2D eigenvalue weighted by Crippen LogP contribution is -2.15. The maximum Gasteiger partial charge on any atom is 0.0328 e. The summed E-state index contributed by atoms with van der Waals surface area (Å²) in [5.41, 5.74) is 0.961. The van der Waals surface area contributed by atoms with Crippen LogP contribution in [-0.2, 0) is 17.8 Å². The van der Waals surface area contributed by atoms with Gasteiger partial charge in [-0.15, -0.1) is 0 Å². The second-order valence-electron chi connectivity index (χ2n) is 3.31. The lowest BCUT2D eigenvalue weighted by molar-refractivity contribution is 0.523. The smallest absolute Gasteiger partial charge is 0.0328 e. The highest BCUT2D eigenvalue weighted by atomic mass is 79.9. The molecule has 5 heteroatoms. The minimum atomic E-state index is -2.23. The molecule has 16 heavy (non-hydrogen) atoms. The summed E-state index contributed by atoms with van der Waals surface area (Å²) in [6, 6.07) is 11.7. The lowest BCUT2D eigenvalue weighted by atomic mass is 10.1. The molecule has 2 aromatic carbocycles. The van der Waals surface area contributed by atoms with Crippen molar-refractivity contribution in [1.29, 1.82) is 0 Å². The van der Waals surface area contributed by atoms with E-state index in [0.717, 1.165) is 20.8 Å². The summed E-state index contributed by atoms with van der Waals surface area (Å²) in [6.45, 7) is 0.309. The van der Waals surface area contributed by atoms with Gasteiger partial charge in [0, 0.05) is 22.3 Å². The molecule has 0 spiro atoms. The molecular weight excluding hydrogens is 290 g/mol. The van der Waals surface area contributed by atoms with Crippen molar-refractivity contribution in [3.05, 3.63) is 46.4 Å². The van der Waals surface area contributed by atoms with Gasteiger partial charge < -0.3 is 4.55 Å². The van der Waals surface area contributed by atoms with Gasteiger partial charge in [0.25, 0.3) is 0 Å². The molecule has 2 rings (SSSR count). The molecule has 0 amide bonds. The zero-order valence-corrected chi connectivity index (χ0v) is 10.7. The fraction of sp³-hybridized carbons (Fsp3) is 0.0909. The van der Waals surface area contributed by atoms with Crippen molar-refractivity contribution in [2.75, 3.05) is 0 Å². The lowest BCUT2D eigenvalue weighted by Gasteiger charge is -2.10. The van der Waals surface area contributed by atoms with Crippen molar-refractivity contribution in [3.8, 4) is 0 Å². The summed E-state index contributed by atoms with van der Waals surface area (Å²) >= 11 is 1.24. The van der Waals surface area contributed by atoms with E-state index in [-0.39, 0.29) is 0 Å². The van der Waals surface area contributed by atoms with Crippen LogP contribution in [0.2, 0.25) is 0 Å². The molecule has 1 atom stereocenters. The summed E-state index contributed by atoms with van der Waals surface area (Å²) in [5.74, 6) is 0. The van der Waals surface area contributed by atoms with E-state index in [4.69, 9.17) is 0 Å². The van der Waals surface area contributed by atoms with Crippen molar-refractivity contribution in [2.45, 2.75) is 6.54 Å². The van der Waals surface area contributed by atoms with E-state index in [1.54, 1.807) is 0 Å². The van der Waals surface area contributed by atoms with Gasteiger partial charge in [-0.3, -0.25) is 4.21 Å². The standard InChI is InChI=1S/C11H10BrNO2S/c12-11-6-5-8(7-13-16(14)15)9-3-1-2-4-10(9)11/h1-6,13H,7H2,(H,14,15)/p-1.